The third-order valence-electron chi connectivity index (χ3n) is 4.87. The van der Waals surface area contributed by atoms with Crippen LogP contribution in [0.5, 0.6) is 11.5 Å². The predicted octanol–water partition coefficient (Wildman–Crippen LogP) is 3.17. The van der Waals surface area contributed by atoms with Crippen molar-refractivity contribution < 1.29 is 18.5 Å². The quantitative estimate of drug-likeness (QED) is 0.659. The number of anilines is 2. The van der Waals surface area contributed by atoms with Gasteiger partial charge in [0.1, 0.15) is 0 Å². The Kier molecular flexibility index (Phi) is 7.28. The standard InChI is InChI=1S/C21H25N3O4S2/c1-27-18-8-6-7-15(19(18)28-2)20(25)23-21(29)22-16-13-14(30(3)26)9-10-17(16)24-11-4-5-12-24/h6-10,13H,4-5,11-12H2,1-3H3,(H2,22,23,25,29). The summed E-state index contributed by atoms with van der Waals surface area (Å²) in [5.41, 5.74) is 1.99. The topological polar surface area (TPSA) is 79.9 Å². The number of hydrogen-bond donors (Lipinski definition) is 2. The van der Waals surface area contributed by atoms with E-state index in [1.807, 2.05) is 18.2 Å². The van der Waals surface area contributed by atoms with E-state index in [0.29, 0.717) is 27.6 Å². The summed E-state index contributed by atoms with van der Waals surface area (Å²) in [6.07, 6.45) is 3.87. The maximum atomic E-state index is 12.8. The molecule has 30 heavy (non-hydrogen) atoms. The molecule has 1 amide bonds. The van der Waals surface area contributed by atoms with E-state index in [0.717, 1.165) is 31.6 Å². The van der Waals surface area contributed by atoms with Crippen LogP contribution in [0.15, 0.2) is 41.3 Å². The van der Waals surface area contributed by atoms with E-state index < -0.39 is 16.7 Å². The highest BCUT2D eigenvalue weighted by Crippen LogP contribution is 2.32. The minimum Gasteiger partial charge on any atom is -0.493 e. The zero-order valence-electron chi connectivity index (χ0n) is 17.2. The van der Waals surface area contributed by atoms with E-state index in [9.17, 15) is 9.00 Å². The number of rotatable bonds is 6. The first-order valence-electron chi connectivity index (χ1n) is 9.50. The molecule has 2 N–H and O–H groups in total. The van der Waals surface area contributed by atoms with Crippen LogP contribution in [0.3, 0.4) is 0 Å². The molecule has 1 atom stereocenters. The molecule has 1 aliphatic rings. The van der Waals surface area contributed by atoms with Gasteiger partial charge < -0.3 is 19.7 Å². The zero-order valence-corrected chi connectivity index (χ0v) is 18.8. The van der Waals surface area contributed by atoms with E-state index in [-0.39, 0.29) is 5.11 Å². The molecule has 2 aromatic carbocycles. The Bertz CT molecular complexity index is 975. The molecular formula is C21H25N3O4S2. The number of benzene rings is 2. The van der Waals surface area contributed by atoms with Crippen molar-refractivity contribution in [2.75, 3.05) is 43.8 Å². The fourth-order valence-electron chi connectivity index (χ4n) is 3.42. The van der Waals surface area contributed by atoms with E-state index in [1.54, 1.807) is 24.5 Å². The van der Waals surface area contributed by atoms with Crippen molar-refractivity contribution in [2.24, 2.45) is 0 Å². The van der Waals surface area contributed by atoms with E-state index in [4.69, 9.17) is 21.7 Å². The number of carbonyl (C=O) groups is 1. The Hall–Kier alpha value is -2.65. The van der Waals surface area contributed by atoms with Gasteiger partial charge in [-0.3, -0.25) is 14.3 Å². The van der Waals surface area contributed by atoms with Crippen molar-refractivity contribution in [1.29, 1.82) is 0 Å². The summed E-state index contributed by atoms with van der Waals surface area (Å²) in [6.45, 7) is 1.90. The molecule has 2 aromatic rings. The van der Waals surface area contributed by atoms with Crippen molar-refractivity contribution in [2.45, 2.75) is 17.7 Å². The fourth-order valence-corrected chi connectivity index (χ4v) is 4.16. The lowest BCUT2D eigenvalue weighted by molar-refractivity contribution is 0.0974. The molecular weight excluding hydrogens is 422 g/mol. The molecule has 0 bridgehead atoms. The first-order chi connectivity index (χ1) is 14.4. The SMILES string of the molecule is COc1cccc(C(=O)NC(=S)Nc2cc(S(C)=O)ccc2N2CCCC2)c1OC. The average molecular weight is 448 g/mol. The summed E-state index contributed by atoms with van der Waals surface area (Å²) in [4.78, 5) is 15.7. The molecule has 0 aliphatic carbocycles. The van der Waals surface area contributed by atoms with Crippen LogP contribution in [0.1, 0.15) is 23.2 Å². The van der Waals surface area contributed by atoms with Crippen molar-refractivity contribution in [1.82, 2.24) is 5.32 Å². The molecule has 1 heterocycles. The molecule has 0 radical (unpaired) electrons. The summed E-state index contributed by atoms with van der Waals surface area (Å²) in [6, 6.07) is 10.7. The normalized spacial score (nSPS) is 14.2. The van der Waals surface area contributed by atoms with E-state index >= 15 is 0 Å². The van der Waals surface area contributed by atoms with Gasteiger partial charge >= 0.3 is 0 Å². The molecule has 7 nitrogen and oxygen atoms in total. The number of nitrogens with zero attached hydrogens (tertiary/aromatic N) is 1. The van der Waals surface area contributed by atoms with Crippen LogP contribution in [-0.2, 0) is 10.8 Å². The highest BCUT2D eigenvalue weighted by molar-refractivity contribution is 7.84. The summed E-state index contributed by atoms with van der Waals surface area (Å²) in [7, 11) is 1.85. The molecule has 1 saturated heterocycles. The van der Waals surface area contributed by atoms with Crippen LogP contribution in [0.2, 0.25) is 0 Å². The van der Waals surface area contributed by atoms with Gasteiger partial charge in [-0.05, 0) is 55.4 Å². The summed E-state index contributed by atoms with van der Waals surface area (Å²) in [5.74, 6) is 0.376. The Labute approximate surface area is 184 Å². The van der Waals surface area contributed by atoms with Gasteiger partial charge in [0.15, 0.2) is 16.6 Å². The fraction of sp³-hybridized carbons (Fsp3) is 0.333. The number of ether oxygens (including phenoxy) is 2. The van der Waals surface area contributed by atoms with Crippen LogP contribution in [0.4, 0.5) is 11.4 Å². The monoisotopic (exact) mass is 447 g/mol. The smallest absolute Gasteiger partial charge is 0.261 e. The number of nitrogens with one attached hydrogen (secondary N) is 2. The number of carbonyl (C=O) groups excluding carboxylic acids is 1. The molecule has 160 valence electrons. The highest BCUT2D eigenvalue weighted by Gasteiger charge is 2.20. The molecule has 0 saturated carbocycles. The molecule has 1 fully saturated rings. The molecule has 1 unspecified atom stereocenters. The lowest BCUT2D eigenvalue weighted by atomic mass is 10.1. The Morgan fingerprint density at radius 2 is 1.87 bits per heavy atom. The maximum Gasteiger partial charge on any atom is 0.261 e. The van der Waals surface area contributed by atoms with Crippen LogP contribution in [-0.4, -0.2) is 48.8 Å². The lowest BCUT2D eigenvalue weighted by Crippen LogP contribution is -2.35. The number of amides is 1. The van der Waals surface area contributed by atoms with Gasteiger partial charge in [-0.1, -0.05) is 6.07 Å². The van der Waals surface area contributed by atoms with Gasteiger partial charge in [0.05, 0.1) is 31.2 Å². The minimum absolute atomic E-state index is 0.143. The second-order valence-electron chi connectivity index (χ2n) is 6.78. The average Bonchev–Trinajstić information content (AvgIpc) is 3.27. The lowest BCUT2D eigenvalue weighted by Gasteiger charge is -2.23. The number of methoxy groups -OCH3 is 2. The highest BCUT2D eigenvalue weighted by atomic mass is 32.2. The summed E-state index contributed by atoms with van der Waals surface area (Å²) >= 11 is 5.39. The van der Waals surface area contributed by atoms with Gasteiger partial charge in [-0.25, -0.2) is 0 Å². The Morgan fingerprint density at radius 3 is 2.50 bits per heavy atom. The Balaban J connectivity index is 1.81. The Morgan fingerprint density at radius 1 is 1.13 bits per heavy atom. The van der Waals surface area contributed by atoms with Crippen LogP contribution in [0.25, 0.3) is 0 Å². The number of para-hydroxylation sites is 1. The first kappa shape index (κ1) is 22.0. The molecule has 0 aromatic heterocycles. The summed E-state index contributed by atoms with van der Waals surface area (Å²) in [5, 5.41) is 5.93. The molecule has 3 rings (SSSR count). The third-order valence-corrected chi connectivity index (χ3v) is 5.99. The molecule has 1 aliphatic heterocycles. The van der Waals surface area contributed by atoms with Crippen molar-refractivity contribution >= 4 is 45.4 Å². The van der Waals surface area contributed by atoms with Gasteiger partial charge in [-0.15, -0.1) is 0 Å². The molecule has 9 heteroatoms. The van der Waals surface area contributed by atoms with Crippen LogP contribution in [0, 0.1) is 0 Å². The van der Waals surface area contributed by atoms with Gasteiger partial charge in [0.25, 0.3) is 5.91 Å². The van der Waals surface area contributed by atoms with Crippen molar-refractivity contribution in [3.05, 3.63) is 42.0 Å². The van der Waals surface area contributed by atoms with Gasteiger partial charge in [0.2, 0.25) is 0 Å². The minimum atomic E-state index is -1.13. The van der Waals surface area contributed by atoms with Crippen molar-refractivity contribution in [3.8, 4) is 11.5 Å². The second-order valence-corrected chi connectivity index (χ2v) is 8.56. The predicted molar refractivity (Wildman–Crippen MR) is 123 cm³/mol. The van der Waals surface area contributed by atoms with E-state index in [2.05, 4.69) is 15.5 Å². The number of hydrogen-bond acceptors (Lipinski definition) is 6. The largest absolute Gasteiger partial charge is 0.493 e. The van der Waals surface area contributed by atoms with Crippen molar-refractivity contribution in [3.63, 3.8) is 0 Å². The maximum absolute atomic E-state index is 12.8. The zero-order chi connectivity index (χ0) is 21.7. The third kappa shape index (κ3) is 4.91. The van der Waals surface area contributed by atoms with Crippen LogP contribution < -0.4 is 25.0 Å². The second kappa shape index (κ2) is 9.90. The number of thiocarbonyl (C=S) groups is 1. The van der Waals surface area contributed by atoms with Gasteiger partial charge in [-0.2, -0.15) is 0 Å². The molecule has 0 spiro atoms. The summed E-state index contributed by atoms with van der Waals surface area (Å²) < 4.78 is 22.5. The van der Waals surface area contributed by atoms with Gasteiger partial charge in [0, 0.05) is 35.0 Å². The first-order valence-corrected chi connectivity index (χ1v) is 11.5. The van der Waals surface area contributed by atoms with Crippen LogP contribution >= 0.6 is 12.2 Å². The van der Waals surface area contributed by atoms with E-state index in [1.165, 1.54) is 14.2 Å².